The summed E-state index contributed by atoms with van der Waals surface area (Å²) in [7, 11) is 1.66. The number of hydrogen-bond acceptors (Lipinski definition) is 3. The van der Waals surface area contributed by atoms with E-state index in [1.54, 1.807) is 37.5 Å². The van der Waals surface area contributed by atoms with E-state index >= 15 is 0 Å². The van der Waals surface area contributed by atoms with Gasteiger partial charge in [-0.3, -0.25) is 9.59 Å². The van der Waals surface area contributed by atoms with Crippen molar-refractivity contribution in [3.05, 3.63) is 78.9 Å². The highest BCUT2D eigenvalue weighted by atomic mass is 16.5. The molecule has 4 nitrogen and oxygen atoms in total. The average Bonchev–Trinajstić information content (AvgIpc) is 2.94. The predicted octanol–water partition coefficient (Wildman–Crippen LogP) is 3.45. The lowest BCUT2D eigenvalue weighted by atomic mass is 10.2. The van der Waals surface area contributed by atoms with Crippen molar-refractivity contribution in [2.75, 3.05) is 12.0 Å². The summed E-state index contributed by atoms with van der Waals surface area (Å²) in [5.41, 5.74) is 1.65. The molecule has 1 heterocycles. The third-order valence-corrected chi connectivity index (χ3v) is 3.18. The fourth-order valence-corrected chi connectivity index (χ4v) is 2.07. The monoisotopic (exact) mass is 307 g/mol. The Kier molecular flexibility index (Phi) is 5.47. The topological polar surface area (TPSA) is 46.6 Å². The number of carbonyl (C=O) groups is 2. The lowest BCUT2D eigenvalue weighted by molar-refractivity contribution is -0.119. The van der Waals surface area contributed by atoms with E-state index in [9.17, 15) is 9.59 Å². The molecule has 0 N–H and O–H groups in total. The van der Waals surface area contributed by atoms with Crippen LogP contribution in [0, 0.1) is 0 Å². The minimum absolute atomic E-state index is 0.281. The Hall–Kier alpha value is -3.14. The maximum Gasteiger partial charge on any atom is 0.258 e. The fourth-order valence-electron chi connectivity index (χ4n) is 2.07. The average molecular weight is 307 g/mol. The molecule has 2 aromatic carbocycles. The minimum atomic E-state index is -0.281. The molecule has 0 unspecified atom stereocenters. The quantitative estimate of drug-likeness (QED) is 0.816. The molecule has 3 rings (SSSR count). The Labute approximate surface area is 135 Å². The molecular formula is C19H17NO3. The lowest BCUT2D eigenvalue weighted by Gasteiger charge is -2.12. The van der Waals surface area contributed by atoms with Crippen LogP contribution in [0.2, 0.25) is 0 Å². The summed E-state index contributed by atoms with van der Waals surface area (Å²) in [4.78, 5) is 23.5. The van der Waals surface area contributed by atoms with Crippen molar-refractivity contribution in [2.24, 2.45) is 0 Å². The number of carbonyl (C=O) groups excluding carboxylic acids is 2. The number of ether oxygens (including phenoxy) is 1. The lowest BCUT2D eigenvalue weighted by Crippen LogP contribution is -2.29. The number of nitrogens with zero attached hydrogens (tertiary/aromatic N) is 1. The van der Waals surface area contributed by atoms with Crippen molar-refractivity contribution in [2.45, 2.75) is 0 Å². The van der Waals surface area contributed by atoms with Crippen molar-refractivity contribution < 1.29 is 14.3 Å². The van der Waals surface area contributed by atoms with E-state index in [0.29, 0.717) is 5.69 Å². The second-order valence-corrected chi connectivity index (χ2v) is 4.63. The summed E-state index contributed by atoms with van der Waals surface area (Å²) in [5, 5.41) is 0. The number of anilines is 1. The summed E-state index contributed by atoms with van der Waals surface area (Å²) < 4.78 is 5.06. The molecule has 4 heteroatoms. The van der Waals surface area contributed by atoms with Gasteiger partial charge in [-0.25, -0.2) is 4.90 Å². The van der Waals surface area contributed by atoms with Gasteiger partial charge in [0.05, 0.1) is 12.8 Å². The molecule has 0 saturated heterocycles. The zero-order valence-electron chi connectivity index (χ0n) is 12.8. The maximum atomic E-state index is 11.2. The first-order chi connectivity index (χ1) is 11.2. The predicted molar refractivity (Wildman–Crippen MR) is 91.2 cm³/mol. The van der Waals surface area contributed by atoms with Crippen LogP contribution < -0.4 is 9.64 Å². The molecule has 1 aliphatic heterocycles. The van der Waals surface area contributed by atoms with Crippen LogP contribution in [-0.2, 0) is 9.59 Å². The molecule has 0 spiro atoms. The van der Waals surface area contributed by atoms with Gasteiger partial charge in [0.1, 0.15) is 5.75 Å². The molecule has 23 heavy (non-hydrogen) atoms. The molecule has 0 saturated carbocycles. The molecule has 1 aliphatic rings. The molecule has 116 valence electrons. The third-order valence-electron chi connectivity index (χ3n) is 3.18. The minimum Gasteiger partial charge on any atom is -0.496 e. The van der Waals surface area contributed by atoms with Gasteiger partial charge in [0.25, 0.3) is 11.8 Å². The van der Waals surface area contributed by atoms with Crippen LogP contribution in [0.25, 0.3) is 6.08 Å². The standard InChI is InChI=1S/C10H7NO2.C9H10O/c12-9-6-7-10(13)11(9)8-4-2-1-3-5-8;1-3-8-6-4-5-7-9(8)10-2/h1-7H;3-7H,1H2,2H3. The molecule has 0 atom stereocenters. The van der Waals surface area contributed by atoms with Gasteiger partial charge in [-0.1, -0.05) is 49.1 Å². The van der Waals surface area contributed by atoms with E-state index in [-0.39, 0.29) is 11.8 Å². The molecule has 2 aromatic rings. The molecule has 0 aromatic heterocycles. The van der Waals surface area contributed by atoms with Gasteiger partial charge < -0.3 is 4.74 Å². The van der Waals surface area contributed by atoms with E-state index in [1.165, 1.54) is 12.2 Å². The van der Waals surface area contributed by atoms with Crippen LogP contribution in [0.15, 0.2) is 73.3 Å². The highest BCUT2D eigenvalue weighted by Crippen LogP contribution is 2.18. The van der Waals surface area contributed by atoms with Crippen LogP contribution in [-0.4, -0.2) is 18.9 Å². The van der Waals surface area contributed by atoms with Crippen LogP contribution in [0.3, 0.4) is 0 Å². The van der Waals surface area contributed by atoms with Crippen molar-refractivity contribution in [1.82, 2.24) is 0 Å². The van der Waals surface area contributed by atoms with E-state index in [0.717, 1.165) is 16.2 Å². The molecule has 0 aliphatic carbocycles. The number of rotatable bonds is 3. The van der Waals surface area contributed by atoms with E-state index < -0.39 is 0 Å². The van der Waals surface area contributed by atoms with E-state index in [1.807, 2.05) is 30.3 Å². The van der Waals surface area contributed by atoms with Gasteiger partial charge >= 0.3 is 0 Å². The van der Waals surface area contributed by atoms with Crippen LogP contribution in [0.1, 0.15) is 5.56 Å². The number of amides is 2. The zero-order valence-corrected chi connectivity index (χ0v) is 12.8. The Morgan fingerprint density at radius 2 is 1.48 bits per heavy atom. The first-order valence-electron chi connectivity index (χ1n) is 7.04. The smallest absolute Gasteiger partial charge is 0.258 e. The van der Waals surface area contributed by atoms with Crippen LogP contribution in [0.5, 0.6) is 5.75 Å². The van der Waals surface area contributed by atoms with Gasteiger partial charge in [-0.05, 0) is 18.2 Å². The molecule has 0 fully saturated rings. The second kappa shape index (κ2) is 7.75. The van der Waals surface area contributed by atoms with E-state index in [2.05, 4.69) is 6.58 Å². The van der Waals surface area contributed by atoms with Gasteiger partial charge in [0.15, 0.2) is 0 Å². The van der Waals surface area contributed by atoms with Crippen LogP contribution >= 0.6 is 0 Å². The van der Waals surface area contributed by atoms with Crippen molar-refractivity contribution in [3.8, 4) is 5.75 Å². The summed E-state index contributed by atoms with van der Waals surface area (Å²) in [6.45, 7) is 3.66. The van der Waals surface area contributed by atoms with E-state index in [4.69, 9.17) is 4.74 Å². The molecule has 0 radical (unpaired) electrons. The SMILES string of the molecule is C=Cc1ccccc1OC.O=C1C=CC(=O)N1c1ccccc1. The highest BCUT2D eigenvalue weighted by molar-refractivity contribution is 6.28. The Morgan fingerprint density at radius 3 is 2.00 bits per heavy atom. The normalized spacial score (nSPS) is 12.7. The van der Waals surface area contributed by atoms with Crippen molar-refractivity contribution >= 4 is 23.6 Å². The molecule has 2 amide bonds. The zero-order chi connectivity index (χ0) is 16.7. The summed E-state index contributed by atoms with van der Waals surface area (Å²) in [6, 6.07) is 16.6. The van der Waals surface area contributed by atoms with Gasteiger partial charge in [0, 0.05) is 17.7 Å². The van der Waals surface area contributed by atoms with Gasteiger partial charge in [-0.15, -0.1) is 0 Å². The number of benzene rings is 2. The summed E-state index contributed by atoms with van der Waals surface area (Å²) in [5.74, 6) is 0.310. The number of methoxy groups -OCH3 is 1. The summed E-state index contributed by atoms with van der Waals surface area (Å²) >= 11 is 0. The van der Waals surface area contributed by atoms with Crippen LogP contribution in [0.4, 0.5) is 5.69 Å². The number of para-hydroxylation sites is 2. The van der Waals surface area contributed by atoms with Gasteiger partial charge in [0.2, 0.25) is 0 Å². The second-order valence-electron chi connectivity index (χ2n) is 4.63. The number of hydrogen-bond donors (Lipinski definition) is 0. The Morgan fingerprint density at radius 1 is 0.913 bits per heavy atom. The maximum absolute atomic E-state index is 11.2. The third kappa shape index (κ3) is 3.95. The van der Waals surface area contributed by atoms with Gasteiger partial charge in [-0.2, -0.15) is 0 Å². The first-order valence-corrected chi connectivity index (χ1v) is 7.04. The Bertz CT molecular complexity index is 717. The molecular weight excluding hydrogens is 290 g/mol. The molecule has 0 bridgehead atoms. The number of imide groups is 1. The highest BCUT2D eigenvalue weighted by Gasteiger charge is 2.24. The van der Waals surface area contributed by atoms with Crippen molar-refractivity contribution in [1.29, 1.82) is 0 Å². The van der Waals surface area contributed by atoms with Crippen molar-refractivity contribution in [3.63, 3.8) is 0 Å². The summed E-state index contributed by atoms with van der Waals surface area (Å²) in [6.07, 6.45) is 4.32. The fraction of sp³-hybridized carbons (Fsp3) is 0.0526. The Balaban J connectivity index is 0.000000174. The largest absolute Gasteiger partial charge is 0.496 e. The first kappa shape index (κ1) is 16.2.